The Morgan fingerprint density at radius 1 is 1.00 bits per heavy atom. The first-order chi connectivity index (χ1) is 6.97. The minimum absolute atomic E-state index is 0.303. The van der Waals surface area contributed by atoms with Crippen LogP contribution in [0.5, 0.6) is 0 Å². The third-order valence-corrected chi connectivity index (χ3v) is 2.91. The maximum absolute atomic E-state index is 5.83. The third kappa shape index (κ3) is 2.92. The van der Waals surface area contributed by atoms with Crippen molar-refractivity contribution in [2.75, 3.05) is 45.9 Å². The van der Waals surface area contributed by atoms with E-state index >= 15 is 0 Å². The number of rotatable bonds is 1. The van der Waals surface area contributed by atoms with Crippen molar-refractivity contribution in [2.24, 2.45) is 0 Å². The number of hydrogen-bond donors (Lipinski definition) is 2. The number of nitrogens with one attached hydrogen (secondary N) is 2. The Morgan fingerprint density at radius 3 is 2.93 bits per heavy atom. The average Bonchev–Trinajstić information content (AvgIpc) is 2.62. The predicted molar refractivity (Wildman–Crippen MR) is 56.3 cm³/mol. The van der Waals surface area contributed by atoms with Crippen LogP contribution in [0.3, 0.4) is 0 Å². The zero-order valence-corrected chi connectivity index (χ0v) is 8.80. The molecule has 0 saturated carbocycles. The average molecular weight is 199 g/mol. The molecule has 2 N–H and O–H groups in total. The van der Waals surface area contributed by atoms with Crippen molar-refractivity contribution in [2.45, 2.75) is 19.1 Å². The molecule has 2 aliphatic rings. The topological polar surface area (TPSA) is 36.5 Å². The second kappa shape index (κ2) is 5.66. The largest absolute Gasteiger partial charge is 0.362 e. The molecule has 2 fully saturated rings. The lowest BCUT2D eigenvalue weighted by molar-refractivity contribution is -0.0459. The van der Waals surface area contributed by atoms with Crippen LogP contribution in [0.15, 0.2) is 0 Å². The fourth-order valence-electron chi connectivity index (χ4n) is 2.09. The zero-order valence-electron chi connectivity index (χ0n) is 8.80. The first kappa shape index (κ1) is 10.4. The van der Waals surface area contributed by atoms with E-state index in [9.17, 15) is 0 Å². The molecule has 1 unspecified atom stereocenters. The van der Waals surface area contributed by atoms with Gasteiger partial charge in [-0.25, -0.2) is 0 Å². The Morgan fingerprint density at radius 2 is 1.93 bits per heavy atom. The van der Waals surface area contributed by atoms with Gasteiger partial charge in [0.25, 0.3) is 0 Å². The lowest BCUT2D eigenvalue weighted by Crippen LogP contribution is -2.44. The van der Waals surface area contributed by atoms with E-state index in [-0.39, 0.29) is 0 Å². The summed E-state index contributed by atoms with van der Waals surface area (Å²) in [6.07, 6.45) is 2.68. The van der Waals surface area contributed by atoms with E-state index in [1.807, 2.05) is 0 Å². The van der Waals surface area contributed by atoms with Crippen molar-refractivity contribution >= 4 is 0 Å². The smallest absolute Gasteiger partial charge is 0.123 e. The predicted octanol–water partition coefficient (Wildman–Crippen LogP) is -0.382. The molecule has 1 atom stereocenters. The Kier molecular flexibility index (Phi) is 4.19. The summed E-state index contributed by atoms with van der Waals surface area (Å²) in [7, 11) is 0. The molecule has 4 heteroatoms. The summed E-state index contributed by atoms with van der Waals surface area (Å²) in [5, 5.41) is 6.84. The van der Waals surface area contributed by atoms with Gasteiger partial charge in [0.15, 0.2) is 0 Å². The zero-order chi connectivity index (χ0) is 9.64. The molecule has 2 saturated heterocycles. The molecule has 82 valence electrons. The van der Waals surface area contributed by atoms with E-state index in [2.05, 4.69) is 15.5 Å². The lowest BCUT2D eigenvalue weighted by atomic mass is 10.3. The van der Waals surface area contributed by atoms with E-state index < -0.39 is 0 Å². The minimum atomic E-state index is 0.303. The van der Waals surface area contributed by atoms with E-state index in [4.69, 9.17) is 4.74 Å². The standard InChI is InChI=1S/C10H21N3O/c1-3-11-5-7-13(6-1)10-9-12-4-2-8-14-10/h10-12H,1-9H2. The first-order valence-corrected chi connectivity index (χ1v) is 5.74. The maximum atomic E-state index is 5.83. The molecule has 0 spiro atoms. The van der Waals surface area contributed by atoms with Gasteiger partial charge in [-0.05, 0) is 25.9 Å². The maximum Gasteiger partial charge on any atom is 0.123 e. The van der Waals surface area contributed by atoms with Crippen LogP contribution in [0.4, 0.5) is 0 Å². The fourth-order valence-corrected chi connectivity index (χ4v) is 2.09. The van der Waals surface area contributed by atoms with Crippen molar-refractivity contribution in [1.82, 2.24) is 15.5 Å². The monoisotopic (exact) mass is 199 g/mol. The summed E-state index contributed by atoms with van der Waals surface area (Å²) in [6.45, 7) is 7.52. The van der Waals surface area contributed by atoms with Crippen molar-refractivity contribution in [1.29, 1.82) is 0 Å². The Hall–Kier alpha value is -0.160. The summed E-state index contributed by atoms with van der Waals surface area (Å²) >= 11 is 0. The Labute approximate surface area is 86.0 Å². The van der Waals surface area contributed by atoms with Gasteiger partial charge in [-0.2, -0.15) is 0 Å². The van der Waals surface area contributed by atoms with E-state index in [0.717, 1.165) is 45.8 Å². The molecule has 0 aromatic heterocycles. The van der Waals surface area contributed by atoms with Crippen molar-refractivity contribution in [3.63, 3.8) is 0 Å². The van der Waals surface area contributed by atoms with Gasteiger partial charge < -0.3 is 15.4 Å². The molecule has 2 heterocycles. The summed E-state index contributed by atoms with van der Waals surface area (Å²) in [5.41, 5.74) is 0. The van der Waals surface area contributed by atoms with Gasteiger partial charge in [0.05, 0.1) is 0 Å². The van der Waals surface area contributed by atoms with Crippen LogP contribution in [0.2, 0.25) is 0 Å². The molecular formula is C10H21N3O. The van der Waals surface area contributed by atoms with Crippen LogP contribution in [0, 0.1) is 0 Å². The van der Waals surface area contributed by atoms with Crippen LogP contribution in [-0.4, -0.2) is 57.0 Å². The molecule has 2 rings (SSSR count). The summed E-state index contributed by atoms with van der Waals surface area (Å²) in [5.74, 6) is 0. The molecule has 14 heavy (non-hydrogen) atoms. The van der Waals surface area contributed by atoms with Gasteiger partial charge in [0.1, 0.15) is 6.23 Å². The summed E-state index contributed by atoms with van der Waals surface area (Å²) < 4.78 is 5.83. The normalized spacial score (nSPS) is 32.1. The van der Waals surface area contributed by atoms with E-state index in [0.29, 0.717) is 6.23 Å². The summed E-state index contributed by atoms with van der Waals surface area (Å²) in [4.78, 5) is 2.46. The highest BCUT2D eigenvalue weighted by Crippen LogP contribution is 2.06. The molecular weight excluding hydrogens is 178 g/mol. The van der Waals surface area contributed by atoms with Gasteiger partial charge >= 0.3 is 0 Å². The lowest BCUT2D eigenvalue weighted by Gasteiger charge is -2.28. The van der Waals surface area contributed by atoms with Gasteiger partial charge in [-0.15, -0.1) is 0 Å². The van der Waals surface area contributed by atoms with Gasteiger partial charge in [0.2, 0.25) is 0 Å². The number of hydrogen-bond acceptors (Lipinski definition) is 4. The Balaban J connectivity index is 1.83. The van der Waals surface area contributed by atoms with E-state index in [1.165, 1.54) is 13.0 Å². The molecule has 0 bridgehead atoms. The van der Waals surface area contributed by atoms with Crippen LogP contribution in [0.1, 0.15) is 12.8 Å². The van der Waals surface area contributed by atoms with Crippen LogP contribution in [0.25, 0.3) is 0 Å². The number of nitrogens with zero attached hydrogens (tertiary/aromatic N) is 1. The van der Waals surface area contributed by atoms with Crippen molar-refractivity contribution in [3.8, 4) is 0 Å². The van der Waals surface area contributed by atoms with Crippen molar-refractivity contribution in [3.05, 3.63) is 0 Å². The van der Waals surface area contributed by atoms with Crippen LogP contribution < -0.4 is 10.6 Å². The first-order valence-electron chi connectivity index (χ1n) is 5.74. The minimum Gasteiger partial charge on any atom is -0.362 e. The molecule has 0 radical (unpaired) electrons. The van der Waals surface area contributed by atoms with Gasteiger partial charge in [-0.3, -0.25) is 4.90 Å². The SMILES string of the molecule is C1CNCC(N2CCCNCC2)OC1. The second-order valence-corrected chi connectivity index (χ2v) is 4.02. The molecule has 4 nitrogen and oxygen atoms in total. The van der Waals surface area contributed by atoms with E-state index in [1.54, 1.807) is 0 Å². The van der Waals surface area contributed by atoms with Crippen LogP contribution in [-0.2, 0) is 4.74 Å². The highest BCUT2D eigenvalue weighted by molar-refractivity contribution is 4.72. The molecule has 2 aliphatic heterocycles. The molecule has 0 amide bonds. The highest BCUT2D eigenvalue weighted by atomic mass is 16.5. The Bertz CT molecular complexity index is 131. The van der Waals surface area contributed by atoms with Crippen molar-refractivity contribution < 1.29 is 4.74 Å². The van der Waals surface area contributed by atoms with Gasteiger partial charge in [-0.1, -0.05) is 0 Å². The van der Waals surface area contributed by atoms with Gasteiger partial charge in [0, 0.05) is 32.8 Å². The number of ether oxygens (including phenoxy) is 1. The highest BCUT2D eigenvalue weighted by Gasteiger charge is 2.20. The van der Waals surface area contributed by atoms with Crippen LogP contribution >= 0.6 is 0 Å². The third-order valence-electron chi connectivity index (χ3n) is 2.91. The molecule has 0 aliphatic carbocycles. The molecule has 0 aromatic carbocycles. The molecule has 0 aromatic rings. The summed E-state index contributed by atoms with van der Waals surface area (Å²) in [6, 6.07) is 0. The fraction of sp³-hybridized carbons (Fsp3) is 1.00. The quantitative estimate of drug-likeness (QED) is 0.603. The second-order valence-electron chi connectivity index (χ2n) is 4.02.